The van der Waals surface area contributed by atoms with E-state index in [2.05, 4.69) is 10.2 Å². The first-order chi connectivity index (χ1) is 15.9. The van der Waals surface area contributed by atoms with E-state index >= 15 is 0 Å². The van der Waals surface area contributed by atoms with Crippen molar-refractivity contribution in [1.82, 2.24) is 4.90 Å². The van der Waals surface area contributed by atoms with Crippen LogP contribution in [0.5, 0.6) is 0 Å². The van der Waals surface area contributed by atoms with Gasteiger partial charge < -0.3 is 15.1 Å². The molecule has 2 amide bonds. The second-order valence-electron chi connectivity index (χ2n) is 7.70. The lowest BCUT2D eigenvalue weighted by atomic mass is 10.1. The number of hydrogen-bond donors (Lipinski definition) is 1. The number of carbonyl (C=O) groups excluding carboxylic acids is 2. The minimum atomic E-state index is -0.264. The van der Waals surface area contributed by atoms with Gasteiger partial charge in [0.2, 0.25) is 5.91 Å². The Morgan fingerprint density at radius 2 is 1.61 bits per heavy atom. The molecule has 4 rings (SSSR count). The number of nitrogens with zero attached hydrogens (tertiary/aromatic N) is 2. The third-order valence-electron chi connectivity index (χ3n) is 5.34. The Kier molecular flexibility index (Phi) is 7.20. The molecule has 1 N–H and O–H groups in total. The fraction of sp³-hybridized carbons (Fsp3) is 0.200. The highest BCUT2D eigenvalue weighted by molar-refractivity contribution is 7.99. The molecular weight excluding hydrogens is 461 g/mol. The molecule has 0 unspecified atom stereocenters. The molecule has 1 fully saturated rings. The minimum Gasteiger partial charge on any atom is -0.368 e. The van der Waals surface area contributed by atoms with Crippen molar-refractivity contribution in [2.75, 3.05) is 36.4 Å². The number of hydrogen-bond acceptors (Lipinski definition) is 4. The Balaban J connectivity index is 1.47. The van der Waals surface area contributed by atoms with Crippen LogP contribution in [0.25, 0.3) is 0 Å². The van der Waals surface area contributed by atoms with Crippen molar-refractivity contribution in [2.45, 2.75) is 16.7 Å². The first-order valence-corrected chi connectivity index (χ1v) is 11.7. The predicted molar refractivity (Wildman–Crippen MR) is 131 cm³/mol. The fourth-order valence-electron chi connectivity index (χ4n) is 3.67. The first-order valence-electron chi connectivity index (χ1n) is 10.5. The van der Waals surface area contributed by atoms with Gasteiger partial charge in [-0.25, -0.2) is 4.39 Å². The molecule has 1 aliphatic heterocycles. The lowest BCUT2D eigenvalue weighted by molar-refractivity contribution is -0.114. The maximum atomic E-state index is 13.2. The predicted octanol–water partition coefficient (Wildman–Crippen LogP) is 5.55. The number of carbonyl (C=O) groups is 2. The topological polar surface area (TPSA) is 52.7 Å². The number of halogens is 2. The summed E-state index contributed by atoms with van der Waals surface area (Å²) in [5.41, 5.74) is 2.06. The summed E-state index contributed by atoms with van der Waals surface area (Å²) < 4.78 is 13.2. The van der Waals surface area contributed by atoms with Gasteiger partial charge in [-0.2, -0.15) is 0 Å². The number of amides is 2. The molecule has 1 aliphatic rings. The highest BCUT2D eigenvalue weighted by Gasteiger charge is 2.23. The van der Waals surface area contributed by atoms with Crippen LogP contribution in [0.15, 0.2) is 76.5 Å². The molecule has 33 heavy (non-hydrogen) atoms. The summed E-state index contributed by atoms with van der Waals surface area (Å²) in [7, 11) is 0. The Morgan fingerprint density at radius 1 is 0.939 bits per heavy atom. The molecule has 3 aromatic rings. The van der Waals surface area contributed by atoms with Crippen LogP contribution in [-0.4, -0.2) is 42.9 Å². The molecule has 0 bridgehead atoms. The molecule has 170 valence electrons. The molecule has 0 aliphatic carbocycles. The van der Waals surface area contributed by atoms with Crippen LogP contribution in [0.4, 0.5) is 15.8 Å². The SMILES string of the molecule is CC(=O)Nc1cc(C(=O)N2CCN(c3ccc(F)cc3)CC2)ccc1Sc1ccc(Cl)cc1. The van der Waals surface area contributed by atoms with Gasteiger partial charge in [0, 0.05) is 59.2 Å². The molecule has 8 heteroatoms. The number of anilines is 2. The lowest BCUT2D eigenvalue weighted by Crippen LogP contribution is -2.48. The van der Waals surface area contributed by atoms with E-state index in [1.807, 2.05) is 30.3 Å². The van der Waals surface area contributed by atoms with Gasteiger partial charge in [0.05, 0.1) is 5.69 Å². The average Bonchev–Trinajstić information content (AvgIpc) is 2.81. The smallest absolute Gasteiger partial charge is 0.254 e. The molecule has 5 nitrogen and oxygen atoms in total. The van der Waals surface area contributed by atoms with Gasteiger partial charge in [0.15, 0.2) is 0 Å². The molecule has 1 heterocycles. The Labute approximate surface area is 201 Å². The summed E-state index contributed by atoms with van der Waals surface area (Å²) >= 11 is 7.46. The maximum Gasteiger partial charge on any atom is 0.254 e. The number of rotatable bonds is 5. The van der Waals surface area contributed by atoms with Crippen molar-refractivity contribution < 1.29 is 14.0 Å². The number of piperazine rings is 1. The van der Waals surface area contributed by atoms with Gasteiger partial charge >= 0.3 is 0 Å². The van der Waals surface area contributed by atoms with Crippen LogP contribution in [0.2, 0.25) is 5.02 Å². The van der Waals surface area contributed by atoms with E-state index < -0.39 is 0 Å². The molecular formula is C25H23ClFN3O2S. The third-order valence-corrected chi connectivity index (χ3v) is 6.67. The largest absolute Gasteiger partial charge is 0.368 e. The van der Waals surface area contributed by atoms with Crippen LogP contribution < -0.4 is 10.2 Å². The standard InChI is InChI=1S/C25H23ClFN3O2S/c1-17(31)28-23-16-18(2-11-24(23)33-22-9-3-19(26)4-10-22)25(32)30-14-12-29(13-15-30)21-7-5-20(27)6-8-21/h2-11,16H,12-15H2,1H3,(H,28,31). The van der Waals surface area contributed by atoms with Gasteiger partial charge in [-0.05, 0) is 66.7 Å². The third kappa shape index (κ3) is 5.86. The van der Waals surface area contributed by atoms with E-state index in [0.717, 1.165) is 15.5 Å². The van der Waals surface area contributed by atoms with Gasteiger partial charge in [-0.3, -0.25) is 9.59 Å². The van der Waals surface area contributed by atoms with Crippen molar-refractivity contribution in [3.63, 3.8) is 0 Å². The summed E-state index contributed by atoms with van der Waals surface area (Å²) in [4.78, 5) is 30.7. The van der Waals surface area contributed by atoms with Crippen molar-refractivity contribution >= 4 is 46.6 Å². The quantitative estimate of drug-likeness (QED) is 0.517. The van der Waals surface area contributed by atoms with Crippen LogP contribution in [-0.2, 0) is 4.79 Å². The van der Waals surface area contributed by atoms with Gasteiger partial charge in [0.25, 0.3) is 5.91 Å². The molecule has 0 aromatic heterocycles. The Hall–Kier alpha value is -3.03. The molecule has 0 saturated carbocycles. The van der Waals surface area contributed by atoms with Crippen molar-refractivity contribution in [3.05, 3.63) is 83.1 Å². The van der Waals surface area contributed by atoms with Crippen molar-refractivity contribution in [1.29, 1.82) is 0 Å². The zero-order valence-electron chi connectivity index (χ0n) is 18.1. The van der Waals surface area contributed by atoms with Crippen LogP contribution >= 0.6 is 23.4 Å². The maximum absolute atomic E-state index is 13.2. The second-order valence-corrected chi connectivity index (χ2v) is 9.26. The zero-order valence-corrected chi connectivity index (χ0v) is 19.6. The molecule has 0 atom stereocenters. The summed E-state index contributed by atoms with van der Waals surface area (Å²) in [6, 6.07) is 19.2. The minimum absolute atomic E-state index is 0.0802. The first kappa shape index (κ1) is 23.1. The summed E-state index contributed by atoms with van der Waals surface area (Å²) in [5, 5.41) is 3.50. The highest BCUT2D eigenvalue weighted by atomic mass is 35.5. The van der Waals surface area contributed by atoms with Crippen LogP contribution in [0, 0.1) is 5.82 Å². The molecule has 0 radical (unpaired) electrons. The van der Waals surface area contributed by atoms with E-state index in [-0.39, 0.29) is 17.6 Å². The van der Waals surface area contributed by atoms with Crippen LogP contribution in [0.1, 0.15) is 17.3 Å². The zero-order chi connectivity index (χ0) is 23.4. The monoisotopic (exact) mass is 483 g/mol. The second kappa shape index (κ2) is 10.3. The van der Waals surface area contributed by atoms with Crippen LogP contribution in [0.3, 0.4) is 0 Å². The Bertz CT molecular complexity index is 1150. The normalized spacial score (nSPS) is 13.7. The van der Waals surface area contributed by atoms with Gasteiger partial charge in [-0.15, -0.1) is 0 Å². The summed E-state index contributed by atoms with van der Waals surface area (Å²) in [6.45, 7) is 3.90. The molecule has 0 spiro atoms. The summed E-state index contributed by atoms with van der Waals surface area (Å²) in [5.74, 6) is -0.547. The Morgan fingerprint density at radius 3 is 2.24 bits per heavy atom. The van der Waals surface area contributed by atoms with E-state index in [1.54, 1.807) is 29.2 Å². The fourth-order valence-corrected chi connectivity index (χ4v) is 4.68. The van der Waals surface area contributed by atoms with E-state index in [0.29, 0.717) is 42.5 Å². The van der Waals surface area contributed by atoms with Crippen molar-refractivity contribution in [2.24, 2.45) is 0 Å². The average molecular weight is 484 g/mol. The summed E-state index contributed by atoms with van der Waals surface area (Å²) in [6.07, 6.45) is 0. The van der Waals surface area contributed by atoms with Gasteiger partial charge in [0.1, 0.15) is 5.82 Å². The van der Waals surface area contributed by atoms with Crippen molar-refractivity contribution in [3.8, 4) is 0 Å². The van der Waals surface area contributed by atoms with E-state index in [9.17, 15) is 14.0 Å². The van der Waals surface area contributed by atoms with Gasteiger partial charge in [-0.1, -0.05) is 23.4 Å². The number of nitrogens with one attached hydrogen (secondary N) is 1. The highest BCUT2D eigenvalue weighted by Crippen LogP contribution is 2.35. The van der Waals surface area contributed by atoms with E-state index in [4.69, 9.17) is 11.6 Å². The lowest BCUT2D eigenvalue weighted by Gasteiger charge is -2.36. The number of benzene rings is 3. The molecule has 1 saturated heterocycles. The molecule has 3 aromatic carbocycles. The van der Waals surface area contributed by atoms with E-state index in [1.165, 1.54) is 30.8 Å².